The molecule has 0 aliphatic heterocycles. The van der Waals surface area contributed by atoms with Crippen LogP contribution in [0.5, 0.6) is 0 Å². The molecule has 0 aliphatic rings. The predicted octanol–water partition coefficient (Wildman–Crippen LogP) is 1.32. The number of halogens is 3. The lowest BCUT2D eigenvalue weighted by Gasteiger charge is -2.06. The lowest BCUT2D eigenvalue weighted by molar-refractivity contribution is 0.0688. The van der Waals surface area contributed by atoms with Gasteiger partial charge in [0.25, 0.3) is 6.43 Å². The summed E-state index contributed by atoms with van der Waals surface area (Å²) in [7, 11) is 0. The fraction of sp³-hybridized carbons (Fsp3) is 0.250. The minimum atomic E-state index is -3.17. The van der Waals surface area contributed by atoms with Gasteiger partial charge in [0, 0.05) is 12.1 Å². The molecule has 0 amide bonds. The van der Waals surface area contributed by atoms with Gasteiger partial charge < -0.3 is 10.8 Å². The summed E-state index contributed by atoms with van der Waals surface area (Å²) in [5.74, 6) is -2.76. The van der Waals surface area contributed by atoms with Crippen molar-refractivity contribution < 1.29 is 23.1 Å². The maximum atomic E-state index is 13.2. The molecule has 0 aliphatic carbocycles. The van der Waals surface area contributed by atoms with Crippen LogP contribution in [0, 0.1) is 5.82 Å². The third kappa shape index (κ3) is 2.24. The summed E-state index contributed by atoms with van der Waals surface area (Å²) in [6.45, 7) is -0.367. The van der Waals surface area contributed by atoms with Crippen LogP contribution >= 0.6 is 0 Å². The lowest BCUT2D eigenvalue weighted by Crippen LogP contribution is -2.11. The number of nitrogens with two attached hydrogens (primary N) is 1. The molecule has 1 aromatic heterocycles. The highest BCUT2D eigenvalue weighted by atomic mass is 19.3. The molecule has 0 saturated carbocycles. The number of pyridine rings is 1. The lowest BCUT2D eigenvalue weighted by atomic mass is 10.1. The first-order valence-corrected chi connectivity index (χ1v) is 3.88. The van der Waals surface area contributed by atoms with E-state index in [1.807, 2.05) is 0 Å². The van der Waals surface area contributed by atoms with Crippen LogP contribution in [0.25, 0.3) is 0 Å². The van der Waals surface area contributed by atoms with Crippen molar-refractivity contribution in [1.82, 2.24) is 4.98 Å². The Balaban J connectivity index is 3.38. The summed E-state index contributed by atoms with van der Waals surface area (Å²) in [4.78, 5) is 13.5. The Labute approximate surface area is 82.5 Å². The topological polar surface area (TPSA) is 76.2 Å². The van der Waals surface area contributed by atoms with Crippen LogP contribution in [0.3, 0.4) is 0 Å². The molecule has 1 heterocycles. The van der Waals surface area contributed by atoms with Crippen molar-refractivity contribution in [3.05, 3.63) is 28.8 Å². The number of hydrogen-bond acceptors (Lipinski definition) is 3. The smallest absolute Gasteiger partial charge is 0.354 e. The van der Waals surface area contributed by atoms with Gasteiger partial charge in [-0.25, -0.2) is 22.9 Å². The van der Waals surface area contributed by atoms with Crippen molar-refractivity contribution >= 4 is 5.97 Å². The Bertz CT molecular complexity index is 396. The maximum absolute atomic E-state index is 13.2. The molecule has 0 unspecified atom stereocenters. The van der Waals surface area contributed by atoms with Crippen LogP contribution in [-0.4, -0.2) is 16.1 Å². The zero-order chi connectivity index (χ0) is 11.6. The molecule has 1 aromatic rings. The fourth-order valence-corrected chi connectivity index (χ4v) is 1.01. The number of hydrogen-bond donors (Lipinski definition) is 2. The number of carboxylic acid groups (broad SMARTS) is 1. The molecule has 7 heteroatoms. The summed E-state index contributed by atoms with van der Waals surface area (Å²) in [5.41, 5.74) is 2.96. The first-order valence-electron chi connectivity index (χ1n) is 3.88. The molecule has 0 aromatic carbocycles. The van der Waals surface area contributed by atoms with Crippen LogP contribution < -0.4 is 5.73 Å². The second kappa shape index (κ2) is 4.26. The van der Waals surface area contributed by atoms with Crippen LogP contribution in [0.15, 0.2) is 6.07 Å². The highest BCUT2D eigenvalue weighted by Gasteiger charge is 2.21. The van der Waals surface area contributed by atoms with Gasteiger partial charge in [-0.05, 0) is 6.07 Å². The quantitative estimate of drug-likeness (QED) is 0.805. The van der Waals surface area contributed by atoms with E-state index in [1.54, 1.807) is 0 Å². The second-order valence-corrected chi connectivity index (χ2v) is 2.68. The maximum Gasteiger partial charge on any atom is 0.354 e. The standard InChI is InChI=1S/C8H7F3N2O2/c9-5-3(2-12)1-4(8(14)15)13-6(5)7(10)11/h1,7H,2,12H2,(H,14,15). The summed E-state index contributed by atoms with van der Waals surface area (Å²) in [5, 5.41) is 8.53. The van der Waals surface area contributed by atoms with Gasteiger partial charge in [0.2, 0.25) is 0 Å². The minimum Gasteiger partial charge on any atom is -0.477 e. The van der Waals surface area contributed by atoms with Crippen molar-refractivity contribution in [3.8, 4) is 0 Å². The molecule has 3 N–H and O–H groups in total. The van der Waals surface area contributed by atoms with Gasteiger partial charge >= 0.3 is 5.97 Å². The molecule has 0 atom stereocenters. The zero-order valence-corrected chi connectivity index (χ0v) is 7.38. The Morgan fingerprint density at radius 1 is 1.60 bits per heavy atom. The fourth-order valence-electron chi connectivity index (χ4n) is 1.01. The number of carbonyl (C=O) groups is 1. The minimum absolute atomic E-state index is 0.294. The van der Waals surface area contributed by atoms with E-state index in [2.05, 4.69) is 4.98 Å². The van der Waals surface area contributed by atoms with E-state index in [-0.39, 0.29) is 12.1 Å². The Hall–Kier alpha value is -1.63. The highest BCUT2D eigenvalue weighted by Crippen LogP contribution is 2.22. The monoisotopic (exact) mass is 220 g/mol. The molecular formula is C8H7F3N2O2. The largest absolute Gasteiger partial charge is 0.477 e. The molecule has 0 fully saturated rings. The van der Waals surface area contributed by atoms with Crippen LogP contribution in [0.4, 0.5) is 13.2 Å². The number of rotatable bonds is 3. The van der Waals surface area contributed by atoms with Crippen molar-refractivity contribution in [2.75, 3.05) is 0 Å². The highest BCUT2D eigenvalue weighted by molar-refractivity contribution is 5.85. The van der Waals surface area contributed by atoms with E-state index in [0.717, 1.165) is 6.07 Å². The molecule has 0 saturated heterocycles. The van der Waals surface area contributed by atoms with Crippen molar-refractivity contribution in [2.45, 2.75) is 13.0 Å². The third-order valence-corrected chi connectivity index (χ3v) is 1.70. The molecule has 0 spiro atoms. The van der Waals surface area contributed by atoms with E-state index < -0.39 is 29.6 Å². The second-order valence-electron chi connectivity index (χ2n) is 2.68. The third-order valence-electron chi connectivity index (χ3n) is 1.70. The first kappa shape index (κ1) is 11.4. The molecule has 0 radical (unpaired) electrons. The molecular weight excluding hydrogens is 213 g/mol. The van der Waals surface area contributed by atoms with Gasteiger partial charge in [-0.2, -0.15) is 0 Å². The zero-order valence-electron chi connectivity index (χ0n) is 7.38. The predicted molar refractivity (Wildman–Crippen MR) is 44.0 cm³/mol. The Morgan fingerprint density at radius 3 is 2.60 bits per heavy atom. The SMILES string of the molecule is NCc1cc(C(=O)O)nc(C(F)F)c1F. The first-order chi connectivity index (χ1) is 6.97. The molecule has 1 rings (SSSR count). The summed E-state index contributed by atoms with van der Waals surface area (Å²) in [6, 6.07) is 0.837. The van der Waals surface area contributed by atoms with Crippen LogP contribution in [-0.2, 0) is 6.54 Å². The summed E-state index contributed by atoms with van der Waals surface area (Å²) >= 11 is 0. The van der Waals surface area contributed by atoms with Crippen molar-refractivity contribution in [3.63, 3.8) is 0 Å². The number of aromatic nitrogens is 1. The van der Waals surface area contributed by atoms with Gasteiger partial charge in [-0.1, -0.05) is 0 Å². The van der Waals surface area contributed by atoms with E-state index in [4.69, 9.17) is 10.8 Å². The van der Waals surface area contributed by atoms with Gasteiger partial charge in [0.15, 0.2) is 5.82 Å². The van der Waals surface area contributed by atoms with E-state index in [1.165, 1.54) is 0 Å². The summed E-state index contributed by atoms with van der Waals surface area (Å²) < 4.78 is 37.7. The van der Waals surface area contributed by atoms with E-state index >= 15 is 0 Å². The van der Waals surface area contributed by atoms with Gasteiger partial charge in [0.1, 0.15) is 11.4 Å². The normalized spacial score (nSPS) is 10.7. The van der Waals surface area contributed by atoms with Gasteiger partial charge in [-0.3, -0.25) is 0 Å². The number of alkyl halides is 2. The Kier molecular flexibility index (Phi) is 3.25. The molecule has 15 heavy (non-hydrogen) atoms. The van der Waals surface area contributed by atoms with E-state index in [0.29, 0.717) is 0 Å². The number of nitrogens with zero attached hydrogens (tertiary/aromatic N) is 1. The molecule has 0 bridgehead atoms. The van der Waals surface area contributed by atoms with Crippen molar-refractivity contribution in [2.24, 2.45) is 5.73 Å². The van der Waals surface area contributed by atoms with Crippen LogP contribution in [0.2, 0.25) is 0 Å². The molecule has 4 nitrogen and oxygen atoms in total. The average Bonchev–Trinajstić information content (AvgIpc) is 2.17. The van der Waals surface area contributed by atoms with Crippen molar-refractivity contribution in [1.29, 1.82) is 0 Å². The van der Waals surface area contributed by atoms with Gasteiger partial charge in [0.05, 0.1) is 0 Å². The number of carboxylic acids is 1. The molecule has 82 valence electrons. The summed E-state index contributed by atoms with van der Waals surface area (Å²) in [6.07, 6.45) is -3.17. The van der Waals surface area contributed by atoms with Crippen LogP contribution in [0.1, 0.15) is 28.2 Å². The van der Waals surface area contributed by atoms with E-state index in [9.17, 15) is 18.0 Å². The number of aromatic carboxylic acids is 1. The van der Waals surface area contributed by atoms with Gasteiger partial charge in [-0.15, -0.1) is 0 Å². The Morgan fingerprint density at radius 2 is 2.20 bits per heavy atom. The average molecular weight is 220 g/mol.